The predicted octanol–water partition coefficient (Wildman–Crippen LogP) is 10.2. The highest BCUT2D eigenvalue weighted by Crippen LogP contribution is 2.58. The first-order chi connectivity index (χ1) is 34.8. The number of anilines is 1. The second kappa shape index (κ2) is 21.7. The lowest BCUT2D eigenvalue weighted by Crippen LogP contribution is -2.60. The highest BCUT2D eigenvalue weighted by molar-refractivity contribution is 8.18. The van der Waals surface area contributed by atoms with Gasteiger partial charge in [-0.05, 0) is 31.9 Å². The number of rotatable bonds is 17. The van der Waals surface area contributed by atoms with E-state index in [1.807, 2.05) is 152 Å². The second-order valence-electron chi connectivity index (χ2n) is 17.3. The monoisotopic (exact) mass is 1040 g/mol. The zero-order chi connectivity index (χ0) is 50.3. The third-order valence-corrected chi connectivity index (χ3v) is 16.1. The molecule has 19 heteroatoms. The van der Waals surface area contributed by atoms with Gasteiger partial charge in [-0.25, -0.2) is 24.2 Å². The van der Waals surface area contributed by atoms with Crippen molar-refractivity contribution in [3.05, 3.63) is 207 Å². The van der Waals surface area contributed by atoms with Crippen molar-refractivity contribution in [2.75, 3.05) is 10.4 Å². The number of carbonyl (C=O) groups excluding carboxylic acids is 4. The van der Waals surface area contributed by atoms with Crippen LogP contribution in [0.1, 0.15) is 66.8 Å². The molecule has 3 amide bonds. The summed E-state index contributed by atoms with van der Waals surface area (Å²) in [6, 6.07) is 47.5. The molecule has 72 heavy (non-hydrogen) atoms. The number of thiazole rings is 1. The molecule has 0 aliphatic carbocycles. The number of esters is 1. The minimum absolute atomic E-state index is 0.0314. The summed E-state index contributed by atoms with van der Waals surface area (Å²) in [5, 5.41) is 16.6. The van der Waals surface area contributed by atoms with Crippen molar-refractivity contribution in [2.45, 2.75) is 59.9 Å². The molecule has 1 fully saturated rings. The quantitative estimate of drug-likeness (QED) is 0.0168. The number of thioether (sulfide) groups is 3. The Balaban J connectivity index is 1.17. The van der Waals surface area contributed by atoms with E-state index in [-0.39, 0.29) is 38.8 Å². The first-order valence-electron chi connectivity index (χ1n) is 22.7. The Morgan fingerprint density at radius 2 is 1.39 bits per heavy atom. The van der Waals surface area contributed by atoms with Crippen LogP contribution in [0.3, 0.4) is 0 Å². The number of aromatic nitrogens is 4. The zero-order valence-electron chi connectivity index (χ0n) is 39.4. The molecule has 5 aromatic carbocycles. The number of nitrogens with zero attached hydrogens (tertiary/aromatic N) is 6. The summed E-state index contributed by atoms with van der Waals surface area (Å²) in [6.07, 6.45) is 0.895. The van der Waals surface area contributed by atoms with E-state index in [0.717, 1.165) is 34.2 Å². The molecule has 1 unspecified atom stereocenters. The molecule has 0 radical (unpaired) electrons. The van der Waals surface area contributed by atoms with Gasteiger partial charge in [0.05, 0.1) is 27.5 Å². The predicted molar refractivity (Wildman–Crippen MR) is 281 cm³/mol. The highest BCUT2D eigenvalue weighted by atomic mass is 32.2. The van der Waals surface area contributed by atoms with E-state index in [1.165, 1.54) is 46.5 Å². The molecule has 2 N–H and O–H groups in total. The molecule has 1 saturated heterocycles. The number of carbonyl (C=O) groups is 4. The van der Waals surface area contributed by atoms with Crippen LogP contribution in [0.4, 0.5) is 9.93 Å². The van der Waals surface area contributed by atoms with Gasteiger partial charge in [-0.15, -0.1) is 23.1 Å². The van der Waals surface area contributed by atoms with Gasteiger partial charge in [0, 0.05) is 29.1 Å². The molecule has 2 aliphatic heterocycles. The normalized spacial score (nSPS) is 16.8. The van der Waals surface area contributed by atoms with Gasteiger partial charge >= 0.3 is 12.1 Å². The number of benzene rings is 5. The van der Waals surface area contributed by atoms with Crippen molar-refractivity contribution < 1.29 is 33.5 Å². The van der Waals surface area contributed by atoms with Crippen LogP contribution in [0.25, 0.3) is 0 Å². The summed E-state index contributed by atoms with van der Waals surface area (Å²) in [5.41, 5.74) is 1.75. The van der Waals surface area contributed by atoms with Gasteiger partial charge in [-0.3, -0.25) is 19.8 Å². The van der Waals surface area contributed by atoms with E-state index < -0.39 is 45.5 Å². The van der Waals surface area contributed by atoms with Crippen LogP contribution in [0.15, 0.2) is 184 Å². The van der Waals surface area contributed by atoms with Crippen LogP contribution in [-0.4, -0.2) is 70.8 Å². The van der Waals surface area contributed by atoms with Crippen LogP contribution >= 0.6 is 46.6 Å². The molecular weight excluding hydrogens is 989 g/mol. The molecule has 2 atom stereocenters. The molecule has 0 saturated carbocycles. The molecule has 7 aromatic rings. The highest BCUT2D eigenvalue weighted by Gasteiger charge is 2.58. The van der Waals surface area contributed by atoms with Crippen molar-refractivity contribution in [3.8, 4) is 0 Å². The van der Waals surface area contributed by atoms with E-state index >= 15 is 4.79 Å². The largest absolute Gasteiger partial charge is 0.448 e. The van der Waals surface area contributed by atoms with E-state index in [9.17, 15) is 14.4 Å². The molecule has 0 bridgehead atoms. The number of hydrogen-bond donors (Lipinski definition) is 2. The van der Waals surface area contributed by atoms with Gasteiger partial charge in [0.1, 0.15) is 23.8 Å². The second-order valence-corrected chi connectivity index (χ2v) is 21.9. The summed E-state index contributed by atoms with van der Waals surface area (Å²) >= 11 is 4.86. The number of aryl methyl sites for hydroxylation is 1. The van der Waals surface area contributed by atoms with Gasteiger partial charge < -0.3 is 19.6 Å². The SMILES string of the molecule is Cn1ncnc1SCSC1=C(C(=O)OC(c2ccccc2)c2ccccc2)N2C(=O)C[C@@H]2SC1(NC(=O)C=NOC(c1ccccc1)(c1ccccc1)c1ccccc1)c1csc(NC(=O)OC(C)(C)C)n1. The zero-order valence-corrected chi connectivity index (χ0v) is 42.7. The van der Waals surface area contributed by atoms with Gasteiger partial charge in [0.25, 0.3) is 5.91 Å². The summed E-state index contributed by atoms with van der Waals surface area (Å²) < 4.78 is 13.7. The van der Waals surface area contributed by atoms with Crippen LogP contribution in [0, 0.1) is 0 Å². The summed E-state index contributed by atoms with van der Waals surface area (Å²) in [4.78, 5) is 73.2. The van der Waals surface area contributed by atoms with Crippen LogP contribution in [0.5, 0.6) is 0 Å². The van der Waals surface area contributed by atoms with Crippen molar-refractivity contribution in [3.63, 3.8) is 0 Å². The molecule has 366 valence electrons. The van der Waals surface area contributed by atoms with Crippen LogP contribution in [0.2, 0.25) is 0 Å². The van der Waals surface area contributed by atoms with E-state index in [2.05, 4.69) is 25.9 Å². The summed E-state index contributed by atoms with van der Waals surface area (Å²) in [7, 11) is 1.76. The van der Waals surface area contributed by atoms with E-state index in [4.69, 9.17) is 19.3 Å². The summed E-state index contributed by atoms with van der Waals surface area (Å²) in [5.74, 6) is -1.85. The molecule has 2 aromatic heterocycles. The number of oxime groups is 1. The molecule has 4 heterocycles. The number of hydrogen-bond acceptors (Lipinski definition) is 15. The van der Waals surface area contributed by atoms with Crippen molar-refractivity contribution in [2.24, 2.45) is 12.2 Å². The average Bonchev–Trinajstić information content (AvgIpc) is 4.03. The van der Waals surface area contributed by atoms with Crippen LogP contribution in [-0.2, 0) is 46.2 Å². The minimum Gasteiger partial charge on any atom is -0.448 e. The molecule has 15 nitrogen and oxygen atoms in total. The Kier molecular flexibility index (Phi) is 15.0. The Bertz CT molecular complexity index is 2960. The lowest BCUT2D eigenvalue weighted by molar-refractivity contribution is -0.152. The standard InChI is InChI=1S/C53H48N8O7S4/c1-51(2,3)67-50(65)58-48-57-40(32-69-48)53(59-41(62)31-56-68-52(37-24-14-7-15-25-37,38-26-16-8-17-27-38)39-28-18-9-19-29-39)46(70-34-71-49-54-33-55-60(49)4)44(61-42(63)30-43(61)72-53)47(64)66-45(35-20-10-5-11-21-35)36-22-12-6-13-23-36/h5-29,31-33,43,45H,30,34H2,1-4H3,(H,59,62)(H,57,58,65)/t43-,53?/m0/s1. The van der Waals surface area contributed by atoms with Crippen LogP contribution < -0.4 is 10.6 Å². The Morgan fingerprint density at radius 3 is 1.90 bits per heavy atom. The van der Waals surface area contributed by atoms with Crippen molar-refractivity contribution in [1.29, 1.82) is 0 Å². The Morgan fingerprint density at radius 1 is 0.833 bits per heavy atom. The van der Waals surface area contributed by atoms with Crippen molar-refractivity contribution >= 4 is 81.8 Å². The third-order valence-electron chi connectivity index (χ3n) is 11.4. The number of β-lactam (4-membered cyclic amide) rings is 1. The maximum absolute atomic E-state index is 15.3. The number of fused-ring (bicyclic) bond motifs is 1. The van der Waals surface area contributed by atoms with Gasteiger partial charge in [-0.2, -0.15) is 5.10 Å². The first-order valence-corrected chi connectivity index (χ1v) is 26.4. The Labute approximate surface area is 432 Å². The smallest absolute Gasteiger partial charge is 0.413 e. The van der Waals surface area contributed by atoms with Gasteiger partial charge in [-0.1, -0.05) is 180 Å². The lowest BCUT2D eigenvalue weighted by atomic mass is 9.80. The number of nitrogens with one attached hydrogen (secondary N) is 2. The Hall–Kier alpha value is -7.19. The molecule has 0 spiro atoms. The molecular formula is C53H48N8O7S4. The fraction of sp³-hybridized carbons (Fsp3) is 0.208. The molecule has 9 rings (SSSR count). The minimum atomic E-state index is -1.71. The van der Waals surface area contributed by atoms with E-state index in [0.29, 0.717) is 16.3 Å². The maximum Gasteiger partial charge on any atom is 0.413 e. The molecule has 2 aliphatic rings. The van der Waals surface area contributed by atoms with Gasteiger partial charge in [0.15, 0.2) is 21.3 Å². The summed E-state index contributed by atoms with van der Waals surface area (Å²) in [6.45, 7) is 5.24. The average molecular weight is 1040 g/mol. The topological polar surface area (TPSA) is 179 Å². The maximum atomic E-state index is 15.3. The number of amides is 3. The van der Waals surface area contributed by atoms with Crippen molar-refractivity contribution in [1.82, 2.24) is 30.0 Å². The van der Waals surface area contributed by atoms with E-state index in [1.54, 1.807) is 37.9 Å². The fourth-order valence-electron chi connectivity index (χ4n) is 8.20. The first kappa shape index (κ1) is 49.8. The third kappa shape index (κ3) is 10.7. The fourth-order valence-corrected chi connectivity index (χ4v) is 13.1. The lowest BCUT2D eigenvalue weighted by Gasteiger charge is -2.51. The number of ether oxygens (including phenoxy) is 2. The van der Waals surface area contributed by atoms with Gasteiger partial charge in [0.2, 0.25) is 11.5 Å².